The summed E-state index contributed by atoms with van der Waals surface area (Å²) in [6.07, 6.45) is 0. The first kappa shape index (κ1) is 78.8. The highest BCUT2D eigenvalue weighted by atomic mass is 32.2. The van der Waals surface area contributed by atoms with Gasteiger partial charge in [-0.25, -0.2) is 0 Å². The van der Waals surface area contributed by atoms with E-state index in [1.807, 2.05) is 60.7 Å². The summed E-state index contributed by atoms with van der Waals surface area (Å²) in [7, 11) is -6.29. The maximum Gasteiger partial charge on any atom is 0.534 e. The van der Waals surface area contributed by atoms with Crippen molar-refractivity contribution in [1.29, 1.82) is 0 Å². The fourth-order valence-electron chi connectivity index (χ4n) is 21.2. The Hall–Kier alpha value is -14.9. The lowest BCUT2D eigenvalue weighted by Gasteiger charge is -2.34. The van der Waals surface area contributed by atoms with Crippen molar-refractivity contribution in [3.8, 4) is 61.4 Å². The van der Waals surface area contributed by atoms with Gasteiger partial charge in [-0.05, 0) is 229 Å². The molecule has 1 saturated heterocycles. The smallest absolute Gasteiger partial charge is 0.456 e. The molecule has 129 heavy (non-hydrogen) atoms. The predicted octanol–water partition coefficient (Wildman–Crippen LogP) is 30.0. The zero-order chi connectivity index (χ0) is 87.3. The molecule has 620 valence electrons. The first-order chi connectivity index (χ1) is 62.9. The van der Waals surface area contributed by atoms with Crippen LogP contribution in [0.15, 0.2) is 421 Å². The molecule has 0 spiro atoms. The molecule has 0 atom stereocenters. The molecule has 7 nitrogen and oxygen atoms in total. The molecule has 2 aromatic heterocycles. The number of halogens is 3. The van der Waals surface area contributed by atoms with Gasteiger partial charge in [-0.2, -0.15) is 21.6 Å². The van der Waals surface area contributed by atoms with Crippen LogP contribution in [-0.2, 0) is 30.3 Å². The second-order valence-electron chi connectivity index (χ2n) is 34.7. The monoisotopic (exact) mass is 1700 g/mol. The van der Waals surface area contributed by atoms with Crippen LogP contribution < -0.4 is 9.65 Å². The molecule has 0 radical (unpaired) electrons. The lowest BCUT2D eigenvalue weighted by molar-refractivity contribution is -0.0499. The van der Waals surface area contributed by atoms with E-state index in [0.717, 1.165) is 77.2 Å². The van der Waals surface area contributed by atoms with E-state index in [1.54, 1.807) is 18.2 Å². The number of alkyl halides is 3. The van der Waals surface area contributed by atoms with Crippen LogP contribution in [0.5, 0.6) is 5.75 Å². The SMILES string of the molecule is CC1(C)OB(c2cc3c4c(c2)oc2cccc(c24)C3(c2ccccc2)c2ccccc2)OC1(C)C.O=S(=O)(Oc1cccc2c(-c3c4ccccc4c(-c4ccccc4)c4ccccc34)cccc12)C(F)(F)F.c1ccc(-c2c3ccccc3c(-c3cccc4c(-c5cc6c7c(c5)oc5cccc(c57)C6(c5ccccc5)c5ccccc5)cccc34)c3ccccc23)cc1. The van der Waals surface area contributed by atoms with Crippen molar-refractivity contribution < 1.29 is 43.9 Å². The summed E-state index contributed by atoms with van der Waals surface area (Å²) in [6.45, 7) is 8.37. The number of benzene rings is 20. The van der Waals surface area contributed by atoms with E-state index in [9.17, 15) is 21.6 Å². The molecule has 3 aliphatic rings. The Morgan fingerprint density at radius 1 is 0.271 bits per heavy atom. The minimum atomic E-state index is -5.83. The Morgan fingerprint density at radius 2 is 0.574 bits per heavy atom. The third-order valence-corrected chi connectivity index (χ3v) is 28.3. The predicted molar refractivity (Wildman–Crippen MR) is 521 cm³/mol. The molecule has 25 rings (SSSR count). The molecular weight excluding hydrogens is 1620 g/mol. The normalized spacial score (nSPS) is 14.6. The van der Waals surface area contributed by atoms with Gasteiger partial charge in [0.1, 0.15) is 22.3 Å². The quantitative estimate of drug-likeness (QED) is 0.0521. The Balaban J connectivity index is 0.000000115. The Bertz CT molecular complexity index is 8200. The summed E-state index contributed by atoms with van der Waals surface area (Å²) in [5.41, 5.74) is 18.5. The van der Waals surface area contributed by atoms with Crippen molar-refractivity contribution in [2.75, 3.05) is 0 Å². The van der Waals surface area contributed by atoms with Crippen LogP contribution >= 0.6 is 0 Å². The number of furan rings is 2. The van der Waals surface area contributed by atoms with Gasteiger partial charge in [-0.1, -0.05) is 376 Å². The molecule has 0 amide bonds. The highest BCUT2D eigenvalue weighted by molar-refractivity contribution is 7.88. The van der Waals surface area contributed by atoms with Gasteiger partial charge in [0.05, 0.1) is 22.0 Å². The lowest BCUT2D eigenvalue weighted by Crippen LogP contribution is -2.41. The fraction of sp³-hybridized carbons (Fsp3) is 0.0769. The van der Waals surface area contributed by atoms with E-state index in [-0.39, 0.29) is 11.1 Å². The highest BCUT2D eigenvalue weighted by Gasteiger charge is 2.54. The molecule has 2 aliphatic carbocycles. The Morgan fingerprint density at radius 3 is 0.969 bits per heavy atom. The number of fused-ring (bicyclic) bond motifs is 6. The molecular formula is C117H80BF3O7S. The zero-order valence-electron chi connectivity index (χ0n) is 70.7. The summed E-state index contributed by atoms with van der Waals surface area (Å²) in [5.74, 6) is -0.379. The minimum Gasteiger partial charge on any atom is -0.456 e. The second kappa shape index (κ2) is 30.1. The molecule has 0 N–H and O–H groups in total. The average molecular weight is 1700 g/mol. The molecule has 1 fully saturated rings. The van der Waals surface area contributed by atoms with Gasteiger partial charge in [0.25, 0.3) is 0 Å². The average Bonchev–Trinajstić information content (AvgIpc) is 1.52. The molecule has 22 aromatic rings. The van der Waals surface area contributed by atoms with E-state index >= 15 is 0 Å². The van der Waals surface area contributed by atoms with Crippen LogP contribution in [0.4, 0.5) is 13.2 Å². The third-order valence-electron chi connectivity index (χ3n) is 27.3. The summed E-state index contributed by atoms with van der Waals surface area (Å²) in [4.78, 5) is 0. The van der Waals surface area contributed by atoms with Gasteiger partial charge in [0.15, 0.2) is 5.75 Å². The molecule has 0 unspecified atom stereocenters. The van der Waals surface area contributed by atoms with Crippen LogP contribution in [0.25, 0.3) is 164 Å². The van der Waals surface area contributed by atoms with Gasteiger partial charge < -0.3 is 22.3 Å². The van der Waals surface area contributed by atoms with Gasteiger partial charge in [0, 0.05) is 26.9 Å². The van der Waals surface area contributed by atoms with E-state index in [4.69, 9.17) is 18.1 Å². The van der Waals surface area contributed by atoms with Gasteiger partial charge in [-0.15, -0.1) is 0 Å². The lowest BCUT2D eigenvalue weighted by atomic mass is 9.66. The number of hydrogen-bond donors (Lipinski definition) is 0. The van der Waals surface area contributed by atoms with Gasteiger partial charge in [-0.3, -0.25) is 0 Å². The highest BCUT2D eigenvalue weighted by Crippen LogP contribution is 2.60. The molecule has 1 aliphatic heterocycles. The van der Waals surface area contributed by atoms with Crippen molar-refractivity contribution >= 4 is 131 Å². The third kappa shape index (κ3) is 12.2. The number of rotatable bonds is 12. The van der Waals surface area contributed by atoms with Crippen LogP contribution in [-0.4, -0.2) is 32.2 Å². The standard InChI is InChI=1S/C55H34O.C31H27BO3.C31H19F3O3S/c1-4-17-35(18-5-1)51-43-23-10-12-25-45(43)52(46-26-13-11-24-44(46)51)42-30-15-28-40-39(27-14-29-41(40)42)36-33-48-54-50(34-36)56-49-32-16-31-47(53(49)54)55(48,37-19-6-2-7-20-37)38-21-8-3-9-22-38;1-29(2)30(3,4)35-32(34-29)22-18-24-28-26(19-22)33-25-17-11-16-23(27(25)28)31(24,20-12-7-5-8-13-20)21-14-9-6-10-15-21;32-31(33,34)38(35,36)37-28-19-9-16-21-22(28)17-8-18-23(21)30-26-14-6-4-12-24(26)29(20-10-2-1-3-11-20)25-13-5-7-15-27(25)30/h1-34H;5-19H,1-4H3;1-19H. The summed E-state index contributed by atoms with van der Waals surface area (Å²) in [5, 5.41) is 17.1. The summed E-state index contributed by atoms with van der Waals surface area (Å²) in [6, 6.07) is 144. The largest absolute Gasteiger partial charge is 0.534 e. The fourth-order valence-corrected chi connectivity index (χ4v) is 21.7. The molecule has 0 saturated carbocycles. The molecule has 3 heterocycles. The van der Waals surface area contributed by atoms with Gasteiger partial charge in [0.2, 0.25) is 0 Å². The zero-order valence-corrected chi connectivity index (χ0v) is 71.6. The van der Waals surface area contributed by atoms with Crippen LogP contribution in [0.3, 0.4) is 0 Å². The van der Waals surface area contributed by atoms with E-state index in [2.05, 4.69) is 353 Å². The van der Waals surface area contributed by atoms with Crippen molar-refractivity contribution in [2.45, 2.75) is 55.2 Å². The topological polar surface area (TPSA) is 88.1 Å². The summed E-state index contributed by atoms with van der Waals surface area (Å²) >= 11 is 0. The van der Waals surface area contributed by atoms with E-state index in [0.29, 0.717) is 5.39 Å². The first-order valence-corrected chi connectivity index (χ1v) is 44.9. The van der Waals surface area contributed by atoms with Crippen LogP contribution in [0, 0.1) is 0 Å². The molecule has 20 aromatic carbocycles. The van der Waals surface area contributed by atoms with Gasteiger partial charge >= 0.3 is 22.7 Å². The second-order valence-corrected chi connectivity index (χ2v) is 36.3. The van der Waals surface area contributed by atoms with E-state index < -0.39 is 44.8 Å². The first-order valence-electron chi connectivity index (χ1n) is 43.5. The maximum absolute atomic E-state index is 13.1. The van der Waals surface area contributed by atoms with Crippen molar-refractivity contribution in [2.24, 2.45) is 0 Å². The van der Waals surface area contributed by atoms with Crippen molar-refractivity contribution in [1.82, 2.24) is 0 Å². The van der Waals surface area contributed by atoms with Crippen LogP contribution in [0.1, 0.15) is 72.2 Å². The van der Waals surface area contributed by atoms with Crippen molar-refractivity contribution in [3.63, 3.8) is 0 Å². The molecule has 0 bridgehead atoms. The van der Waals surface area contributed by atoms with Crippen LogP contribution in [0.2, 0.25) is 0 Å². The van der Waals surface area contributed by atoms with Crippen molar-refractivity contribution in [3.05, 3.63) is 457 Å². The molecule has 12 heteroatoms. The van der Waals surface area contributed by atoms with E-state index in [1.165, 1.54) is 138 Å². The Kier molecular flexibility index (Phi) is 18.4. The number of hydrogen-bond acceptors (Lipinski definition) is 7. The minimum absolute atomic E-state index is 0.262. The Labute approximate surface area is 743 Å². The maximum atomic E-state index is 13.1. The summed E-state index contributed by atoms with van der Waals surface area (Å²) < 4.78 is 93.5.